The van der Waals surface area contributed by atoms with E-state index >= 15 is 0 Å². The van der Waals surface area contributed by atoms with E-state index in [0.717, 1.165) is 49.9 Å². The molecule has 3 rings (SSSR count). The second kappa shape index (κ2) is 12.9. The van der Waals surface area contributed by atoms with Crippen LogP contribution in [0.3, 0.4) is 0 Å². The van der Waals surface area contributed by atoms with Crippen LogP contribution in [0, 0.1) is 0 Å². The van der Waals surface area contributed by atoms with Gasteiger partial charge in [-0.3, -0.25) is 9.89 Å². The molecule has 1 aromatic heterocycles. The fourth-order valence-electron chi connectivity index (χ4n) is 4.06. The van der Waals surface area contributed by atoms with Crippen LogP contribution in [-0.4, -0.2) is 42.2 Å². The SMILES string of the molecule is CCc1noc(CC)c1CNC(=NC)NCC1CCCCN1Cc1ccccc1.I. The normalized spacial score (nSPS) is 17.4. The van der Waals surface area contributed by atoms with Gasteiger partial charge in [-0.15, -0.1) is 24.0 Å². The molecule has 1 fully saturated rings. The quantitative estimate of drug-likeness (QED) is 0.308. The van der Waals surface area contributed by atoms with Crippen molar-refractivity contribution in [1.29, 1.82) is 0 Å². The van der Waals surface area contributed by atoms with Gasteiger partial charge in [0.1, 0.15) is 5.76 Å². The zero-order chi connectivity index (χ0) is 20.5. The second-order valence-electron chi connectivity index (χ2n) is 7.65. The first-order valence-corrected chi connectivity index (χ1v) is 10.9. The number of halogens is 1. The molecule has 30 heavy (non-hydrogen) atoms. The van der Waals surface area contributed by atoms with E-state index in [0.29, 0.717) is 12.6 Å². The lowest BCUT2D eigenvalue weighted by Crippen LogP contribution is -2.48. The fraction of sp³-hybridized carbons (Fsp3) is 0.565. The lowest BCUT2D eigenvalue weighted by molar-refractivity contribution is 0.141. The summed E-state index contributed by atoms with van der Waals surface area (Å²) >= 11 is 0. The van der Waals surface area contributed by atoms with Crippen molar-refractivity contribution in [2.75, 3.05) is 20.1 Å². The number of hydrogen-bond donors (Lipinski definition) is 2. The minimum atomic E-state index is 0. The highest BCUT2D eigenvalue weighted by Crippen LogP contribution is 2.19. The van der Waals surface area contributed by atoms with Crippen molar-refractivity contribution in [1.82, 2.24) is 20.7 Å². The number of nitrogens with one attached hydrogen (secondary N) is 2. The molecule has 2 aromatic rings. The Morgan fingerprint density at radius 2 is 1.97 bits per heavy atom. The van der Waals surface area contributed by atoms with E-state index in [1.165, 1.54) is 30.4 Å². The van der Waals surface area contributed by atoms with Gasteiger partial charge in [-0.05, 0) is 31.4 Å². The summed E-state index contributed by atoms with van der Waals surface area (Å²) in [6.45, 7) is 7.97. The van der Waals surface area contributed by atoms with Gasteiger partial charge in [0.15, 0.2) is 5.96 Å². The van der Waals surface area contributed by atoms with E-state index in [2.05, 4.69) is 69.9 Å². The monoisotopic (exact) mass is 525 g/mol. The molecule has 1 aliphatic heterocycles. The number of nitrogens with zero attached hydrogens (tertiary/aromatic N) is 3. The van der Waals surface area contributed by atoms with Crippen molar-refractivity contribution in [3.63, 3.8) is 0 Å². The maximum atomic E-state index is 5.47. The molecule has 1 aliphatic rings. The van der Waals surface area contributed by atoms with Gasteiger partial charge < -0.3 is 15.2 Å². The second-order valence-corrected chi connectivity index (χ2v) is 7.65. The van der Waals surface area contributed by atoms with Gasteiger partial charge in [-0.25, -0.2) is 0 Å². The third-order valence-electron chi connectivity index (χ3n) is 5.75. The first kappa shape index (κ1) is 24.7. The predicted octanol–water partition coefficient (Wildman–Crippen LogP) is 4.14. The largest absolute Gasteiger partial charge is 0.361 e. The van der Waals surface area contributed by atoms with Crippen LogP contribution in [0.5, 0.6) is 0 Å². The Kier molecular flexibility index (Phi) is 10.6. The lowest BCUT2D eigenvalue weighted by Gasteiger charge is -2.36. The number of rotatable bonds is 8. The molecule has 0 spiro atoms. The number of aliphatic imine (C=N–C) groups is 1. The topological polar surface area (TPSA) is 65.7 Å². The molecule has 2 heterocycles. The highest BCUT2D eigenvalue weighted by molar-refractivity contribution is 14.0. The average Bonchev–Trinajstić information content (AvgIpc) is 3.17. The van der Waals surface area contributed by atoms with Crippen molar-refractivity contribution in [3.8, 4) is 0 Å². The van der Waals surface area contributed by atoms with Crippen molar-refractivity contribution in [2.24, 2.45) is 4.99 Å². The number of guanidine groups is 1. The number of benzene rings is 1. The van der Waals surface area contributed by atoms with E-state index in [1.54, 1.807) is 0 Å². The Morgan fingerprint density at radius 3 is 2.67 bits per heavy atom. The maximum Gasteiger partial charge on any atom is 0.191 e. The molecule has 0 aliphatic carbocycles. The van der Waals surface area contributed by atoms with Crippen LogP contribution in [0.15, 0.2) is 39.8 Å². The molecular formula is C23H36IN5O. The van der Waals surface area contributed by atoms with E-state index in [1.807, 2.05) is 7.05 Å². The molecular weight excluding hydrogens is 489 g/mol. The zero-order valence-electron chi connectivity index (χ0n) is 18.5. The lowest BCUT2D eigenvalue weighted by atomic mass is 10.0. The van der Waals surface area contributed by atoms with Crippen molar-refractivity contribution < 1.29 is 4.52 Å². The third-order valence-corrected chi connectivity index (χ3v) is 5.75. The third kappa shape index (κ3) is 6.70. The molecule has 1 saturated heterocycles. The number of piperidine rings is 1. The van der Waals surface area contributed by atoms with Gasteiger partial charge in [-0.2, -0.15) is 0 Å². The van der Waals surface area contributed by atoms with E-state index < -0.39 is 0 Å². The molecule has 166 valence electrons. The fourth-order valence-corrected chi connectivity index (χ4v) is 4.06. The summed E-state index contributed by atoms with van der Waals surface area (Å²) in [5.41, 5.74) is 3.58. The Morgan fingerprint density at radius 1 is 1.17 bits per heavy atom. The van der Waals surface area contributed by atoms with Gasteiger partial charge in [0.2, 0.25) is 0 Å². The molecule has 1 aromatic carbocycles. The minimum Gasteiger partial charge on any atom is -0.361 e. The summed E-state index contributed by atoms with van der Waals surface area (Å²) in [6.07, 6.45) is 5.53. The summed E-state index contributed by atoms with van der Waals surface area (Å²) in [4.78, 5) is 7.02. The molecule has 2 N–H and O–H groups in total. The summed E-state index contributed by atoms with van der Waals surface area (Å²) in [5.74, 6) is 1.80. The highest BCUT2D eigenvalue weighted by atomic mass is 127. The molecule has 6 nitrogen and oxygen atoms in total. The Hall–Kier alpha value is -1.61. The summed E-state index contributed by atoms with van der Waals surface area (Å²) in [7, 11) is 1.83. The zero-order valence-corrected chi connectivity index (χ0v) is 20.8. The van der Waals surface area contributed by atoms with E-state index in [4.69, 9.17) is 4.52 Å². The van der Waals surface area contributed by atoms with E-state index in [9.17, 15) is 0 Å². The average molecular weight is 525 g/mol. The van der Waals surface area contributed by atoms with Crippen LogP contribution >= 0.6 is 24.0 Å². The summed E-state index contributed by atoms with van der Waals surface area (Å²) in [5, 5.41) is 11.2. The van der Waals surface area contributed by atoms with Crippen LogP contribution in [0.2, 0.25) is 0 Å². The van der Waals surface area contributed by atoms with Crippen LogP contribution < -0.4 is 10.6 Å². The van der Waals surface area contributed by atoms with Crippen molar-refractivity contribution in [3.05, 3.63) is 52.9 Å². The number of aromatic nitrogens is 1. The van der Waals surface area contributed by atoms with Gasteiger partial charge in [0.25, 0.3) is 0 Å². The molecule has 0 bridgehead atoms. The van der Waals surface area contributed by atoms with Crippen LogP contribution in [-0.2, 0) is 25.9 Å². The minimum absolute atomic E-state index is 0. The number of hydrogen-bond acceptors (Lipinski definition) is 4. The van der Waals surface area contributed by atoms with Gasteiger partial charge in [0.05, 0.1) is 5.69 Å². The highest BCUT2D eigenvalue weighted by Gasteiger charge is 2.22. The van der Waals surface area contributed by atoms with Gasteiger partial charge >= 0.3 is 0 Å². The van der Waals surface area contributed by atoms with Crippen LogP contribution in [0.25, 0.3) is 0 Å². The molecule has 0 radical (unpaired) electrons. The smallest absolute Gasteiger partial charge is 0.191 e. The molecule has 7 heteroatoms. The Balaban J connectivity index is 0.00000320. The van der Waals surface area contributed by atoms with Gasteiger partial charge in [-0.1, -0.05) is 55.8 Å². The van der Waals surface area contributed by atoms with Gasteiger partial charge in [0, 0.05) is 44.7 Å². The predicted molar refractivity (Wildman–Crippen MR) is 133 cm³/mol. The number of likely N-dealkylation sites (tertiary alicyclic amines) is 1. The van der Waals surface area contributed by atoms with Crippen LogP contribution in [0.4, 0.5) is 0 Å². The molecule has 1 atom stereocenters. The Bertz CT molecular complexity index is 756. The van der Waals surface area contributed by atoms with Crippen molar-refractivity contribution in [2.45, 2.75) is 65.1 Å². The van der Waals surface area contributed by atoms with Crippen molar-refractivity contribution >= 4 is 29.9 Å². The molecule has 0 amide bonds. The molecule has 0 saturated carbocycles. The maximum absolute atomic E-state index is 5.47. The molecule has 1 unspecified atom stereocenters. The van der Waals surface area contributed by atoms with Crippen LogP contribution in [0.1, 0.15) is 55.7 Å². The first-order chi connectivity index (χ1) is 14.2. The standard InChI is InChI=1S/C23H35N5O.HI/c1-4-21-20(22(5-2)29-27-21)16-26-23(24-3)25-15-19-13-9-10-14-28(19)17-18-11-7-6-8-12-18;/h6-8,11-12,19H,4-5,9-10,13-17H2,1-3H3,(H2,24,25,26);1H. The summed E-state index contributed by atoms with van der Waals surface area (Å²) < 4.78 is 5.47. The number of aryl methyl sites for hydroxylation is 2. The summed E-state index contributed by atoms with van der Waals surface area (Å²) in [6, 6.07) is 11.3. The van der Waals surface area contributed by atoms with E-state index in [-0.39, 0.29) is 24.0 Å². The first-order valence-electron chi connectivity index (χ1n) is 10.9. The Labute approximate surface area is 197 Å².